The molecule has 0 aliphatic heterocycles. The number of hydrogen-bond donors (Lipinski definition) is 2. The molecule has 0 aliphatic rings. The molecule has 1 aromatic heterocycles. The summed E-state index contributed by atoms with van der Waals surface area (Å²) in [6.07, 6.45) is 0. The van der Waals surface area contributed by atoms with Gasteiger partial charge in [-0.3, -0.25) is 5.43 Å². The second kappa shape index (κ2) is 6.63. The van der Waals surface area contributed by atoms with Crippen molar-refractivity contribution < 1.29 is 0 Å². The van der Waals surface area contributed by atoms with Gasteiger partial charge in [-0.1, -0.05) is 18.2 Å². The lowest BCUT2D eigenvalue weighted by molar-refractivity contribution is 1.04. The van der Waals surface area contributed by atoms with E-state index in [2.05, 4.69) is 34.9 Å². The number of hydrazone groups is 1. The molecule has 5 heteroatoms. The number of benzene rings is 1. The van der Waals surface area contributed by atoms with Crippen LogP contribution >= 0.6 is 23.6 Å². The quantitative estimate of drug-likeness (QED) is 0.510. The van der Waals surface area contributed by atoms with Gasteiger partial charge >= 0.3 is 0 Å². The molecule has 0 fully saturated rings. The number of nitrogens with one attached hydrogen (secondary N) is 2. The van der Waals surface area contributed by atoms with E-state index in [1.54, 1.807) is 11.3 Å². The van der Waals surface area contributed by atoms with Crippen LogP contribution < -0.4 is 10.7 Å². The smallest absolute Gasteiger partial charge is 0.191 e. The predicted octanol–water partition coefficient (Wildman–Crippen LogP) is 4.08. The summed E-state index contributed by atoms with van der Waals surface area (Å²) in [7, 11) is 0. The Balaban J connectivity index is 1.97. The van der Waals surface area contributed by atoms with E-state index >= 15 is 0 Å². The molecule has 1 aromatic carbocycles. The molecule has 0 aliphatic carbocycles. The van der Waals surface area contributed by atoms with Gasteiger partial charge in [0.2, 0.25) is 0 Å². The monoisotopic (exact) mass is 303 g/mol. The lowest BCUT2D eigenvalue weighted by Gasteiger charge is -2.09. The fourth-order valence-electron chi connectivity index (χ4n) is 1.68. The van der Waals surface area contributed by atoms with Crippen LogP contribution in [0.4, 0.5) is 5.69 Å². The van der Waals surface area contributed by atoms with Crippen LogP contribution in [-0.2, 0) is 0 Å². The lowest BCUT2D eigenvalue weighted by Crippen LogP contribution is -2.25. The fraction of sp³-hybridized carbons (Fsp3) is 0.200. The van der Waals surface area contributed by atoms with Crippen molar-refractivity contribution in [2.45, 2.75) is 20.8 Å². The standard InChI is InChI=1S/C15H17N3S2/c1-10-6-4-5-7-13(10)16-15(19)18-17-12(3)14-9-8-11(2)20-14/h4-9H,1-3H3,(H2,16,18,19)/b17-12-. The Hall–Kier alpha value is -1.72. The maximum atomic E-state index is 5.24. The third-order valence-electron chi connectivity index (χ3n) is 2.82. The molecule has 20 heavy (non-hydrogen) atoms. The van der Waals surface area contributed by atoms with E-state index in [0.717, 1.165) is 21.8 Å². The van der Waals surface area contributed by atoms with Gasteiger partial charge in [0.15, 0.2) is 5.11 Å². The summed E-state index contributed by atoms with van der Waals surface area (Å²) in [5.74, 6) is 0. The fourth-order valence-corrected chi connectivity index (χ4v) is 2.65. The molecule has 0 saturated heterocycles. The van der Waals surface area contributed by atoms with Crippen molar-refractivity contribution in [3.05, 3.63) is 51.7 Å². The minimum Gasteiger partial charge on any atom is -0.331 e. The summed E-state index contributed by atoms with van der Waals surface area (Å²) >= 11 is 6.96. The Morgan fingerprint density at radius 2 is 1.90 bits per heavy atom. The van der Waals surface area contributed by atoms with Gasteiger partial charge in [-0.05, 0) is 56.8 Å². The Kier molecular flexibility index (Phi) is 4.87. The van der Waals surface area contributed by atoms with Crippen molar-refractivity contribution in [1.29, 1.82) is 0 Å². The minimum absolute atomic E-state index is 0.493. The molecule has 104 valence electrons. The molecule has 2 aromatic rings. The molecule has 1 heterocycles. The Bertz CT molecular complexity index is 644. The molecule has 2 rings (SSSR count). The normalized spacial score (nSPS) is 11.2. The summed E-state index contributed by atoms with van der Waals surface area (Å²) in [6.45, 7) is 6.09. The van der Waals surface area contributed by atoms with Crippen LogP contribution in [0.1, 0.15) is 22.2 Å². The number of para-hydroxylation sites is 1. The highest BCUT2D eigenvalue weighted by Crippen LogP contribution is 2.16. The Morgan fingerprint density at radius 3 is 2.55 bits per heavy atom. The van der Waals surface area contributed by atoms with Crippen molar-refractivity contribution in [3.63, 3.8) is 0 Å². The zero-order valence-corrected chi connectivity index (χ0v) is 13.4. The predicted molar refractivity (Wildman–Crippen MR) is 91.8 cm³/mol. The molecular weight excluding hydrogens is 286 g/mol. The summed E-state index contributed by atoms with van der Waals surface area (Å²) in [4.78, 5) is 2.42. The van der Waals surface area contributed by atoms with Gasteiger partial charge < -0.3 is 5.32 Å². The van der Waals surface area contributed by atoms with Gasteiger partial charge in [-0.2, -0.15) is 5.10 Å². The molecule has 0 atom stereocenters. The maximum Gasteiger partial charge on any atom is 0.191 e. The lowest BCUT2D eigenvalue weighted by atomic mass is 10.2. The first kappa shape index (κ1) is 14.7. The van der Waals surface area contributed by atoms with Crippen molar-refractivity contribution >= 4 is 40.1 Å². The Morgan fingerprint density at radius 1 is 1.15 bits per heavy atom. The second-order valence-corrected chi connectivity index (χ2v) is 6.18. The van der Waals surface area contributed by atoms with Crippen molar-refractivity contribution in [1.82, 2.24) is 5.43 Å². The molecule has 0 bridgehead atoms. The summed E-state index contributed by atoms with van der Waals surface area (Å²) in [5, 5.41) is 7.94. The van der Waals surface area contributed by atoms with Gasteiger partial charge in [0.1, 0.15) is 0 Å². The van der Waals surface area contributed by atoms with E-state index in [9.17, 15) is 0 Å². The van der Waals surface area contributed by atoms with Crippen LogP contribution in [0.3, 0.4) is 0 Å². The summed E-state index contributed by atoms with van der Waals surface area (Å²) < 4.78 is 0. The number of rotatable bonds is 3. The highest BCUT2D eigenvalue weighted by atomic mass is 32.1. The van der Waals surface area contributed by atoms with Crippen molar-refractivity contribution in [2.24, 2.45) is 5.10 Å². The number of anilines is 1. The molecule has 0 unspecified atom stereocenters. The van der Waals surface area contributed by atoms with E-state index in [1.807, 2.05) is 38.1 Å². The third-order valence-corrected chi connectivity index (χ3v) is 4.12. The van der Waals surface area contributed by atoms with E-state index in [1.165, 1.54) is 4.88 Å². The van der Waals surface area contributed by atoms with E-state index < -0.39 is 0 Å². The first-order valence-electron chi connectivity index (χ1n) is 6.30. The first-order chi connectivity index (χ1) is 9.56. The van der Waals surface area contributed by atoms with E-state index in [0.29, 0.717) is 5.11 Å². The largest absolute Gasteiger partial charge is 0.331 e. The van der Waals surface area contributed by atoms with Crippen LogP contribution in [-0.4, -0.2) is 10.8 Å². The van der Waals surface area contributed by atoms with Crippen molar-refractivity contribution in [2.75, 3.05) is 5.32 Å². The average molecular weight is 303 g/mol. The van der Waals surface area contributed by atoms with Crippen LogP contribution in [0.15, 0.2) is 41.5 Å². The average Bonchev–Trinajstić information content (AvgIpc) is 2.85. The van der Waals surface area contributed by atoms with Gasteiger partial charge in [-0.15, -0.1) is 11.3 Å². The van der Waals surface area contributed by atoms with E-state index in [4.69, 9.17) is 12.2 Å². The van der Waals surface area contributed by atoms with Gasteiger partial charge in [-0.25, -0.2) is 0 Å². The van der Waals surface area contributed by atoms with E-state index in [-0.39, 0.29) is 0 Å². The van der Waals surface area contributed by atoms with Gasteiger partial charge in [0.05, 0.1) is 10.6 Å². The molecule has 0 radical (unpaired) electrons. The molecule has 0 saturated carbocycles. The van der Waals surface area contributed by atoms with Gasteiger partial charge in [0.25, 0.3) is 0 Å². The molecule has 2 N–H and O–H groups in total. The van der Waals surface area contributed by atoms with Crippen LogP contribution in [0.5, 0.6) is 0 Å². The maximum absolute atomic E-state index is 5.24. The first-order valence-corrected chi connectivity index (χ1v) is 7.52. The SMILES string of the molecule is C/C(=N/NC(=S)Nc1ccccc1C)c1ccc(C)s1. The number of hydrogen-bond acceptors (Lipinski definition) is 3. The third kappa shape index (κ3) is 3.88. The summed E-state index contributed by atoms with van der Waals surface area (Å²) in [5.41, 5.74) is 5.94. The second-order valence-electron chi connectivity index (χ2n) is 4.49. The van der Waals surface area contributed by atoms with Crippen LogP contribution in [0.25, 0.3) is 0 Å². The molecular formula is C15H17N3S2. The number of aryl methyl sites for hydroxylation is 2. The van der Waals surface area contributed by atoms with Crippen LogP contribution in [0.2, 0.25) is 0 Å². The highest BCUT2D eigenvalue weighted by Gasteiger charge is 2.02. The van der Waals surface area contributed by atoms with Crippen LogP contribution in [0, 0.1) is 13.8 Å². The molecule has 3 nitrogen and oxygen atoms in total. The molecule has 0 spiro atoms. The number of nitrogens with zero attached hydrogens (tertiary/aromatic N) is 1. The van der Waals surface area contributed by atoms with Gasteiger partial charge in [0, 0.05) is 10.6 Å². The van der Waals surface area contributed by atoms with Crippen molar-refractivity contribution in [3.8, 4) is 0 Å². The zero-order valence-electron chi connectivity index (χ0n) is 11.7. The zero-order chi connectivity index (χ0) is 14.5. The highest BCUT2D eigenvalue weighted by molar-refractivity contribution is 7.80. The summed E-state index contributed by atoms with van der Waals surface area (Å²) in [6, 6.07) is 12.1. The number of thiocarbonyl (C=S) groups is 1. The topological polar surface area (TPSA) is 36.4 Å². The number of thiophene rings is 1. The molecule has 0 amide bonds. The Labute approximate surface area is 128 Å². The minimum atomic E-state index is 0.493.